The third-order valence-corrected chi connectivity index (χ3v) is 10.0. The summed E-state index contributed by atoms with van der Waals surface area (Å²) in [5.41, 5.74) is -3.86. The first-order chi connectivity index (χ1) is 15.5. The van der Waals surface area contributed by atoms with Crippen molar-refractivity contribution in [2.45, 2.75) is 56.4 Å². The van der Waals surface area contributed by atoms with Gasteiger partial charge in [0, 0.05) is 35.2 Å². The van der Waals surface area contributed by atoms with Gasteiger partial charge in [-0.15, -0.1) is 0 Å². The van der Waals surface area contributed by atoms with Gasteiger partial charge in [0.15, 0.2) is 0 Å². The van der Waals surface area contributed by atoms with Crippen LogP contribution in [0.25, 0.3) is 0 Å². The lowest BCUT2D eigenvalue weighted by molar-refractivity contribution is -0.0500. The Kier molecular flexibility index (Phi) is 7.61. The van der Waals surface area contributed by atoms with Crippen molar-refractivity contribution in [2.24, 2.45) is 0 Å². The molecule has 2 atom stereocenters. The molecule has 0 unspecified atom stereocenters. The maximum Gasteiger partial charge on any atom is 0.523 e. The summed E-state index contributed by atoms with van der Waals surface area (Å²) in [6.07, 6.45) is 3.35. The quantitative estimate of drug-likeness (QED) is 0.301. The van der Waals surface area contributed by atoms with Gasteiger partial charge in [-0.25, -0.2) is 13.3 Å². The summed E-state index contributed by atoms with van der Waals surface area (Å²) in [4.78, 5) is 0. The second-order valence-electron chi connectivity index (χ2n) is 8.09. The third kappa shape index (κ3) is 5.67. The summed E-state index contributed by atoms with van der Waals surface area (Å²) in [5, 5.41) is 1.08. The molecule has 1 aliphatic carbocycles. The van der Waals surface area contributed by atoms with E-state index in [1.54, 1.807) is 57.9 Å². The lowest BCUT2D eigenvalue weighted by Crippen LogP contribution is -2.39. The minimum absolute atomic E-state index is 0.115. The Morgan fingerprint density at radius 2 is 1.24 bits per heavy atom. The second kappa shape index (κ2) is 9.97. The van der Waals surface area contributed by atoms with E-state index < -0.39 is 24.1 Å². The maximum atomic E-state index is 13.3. The number of alkyl halides is 3. The standard InChI is InChI=1S/C21H22Cl2F3N2O3PS/c22-17-9-5-15(6-10-17)13-27-19-3-1-2-4-20(19)28(14-16-7-11-18(23)12-8-16)32(27)31-33(29,30)21(24,25)26/h5-12,19-20H,1-4,13-14H2/t19-,20-/m1/s1. The number of halogens is 5. The Morgan fingerprint density at radius 3 is 1.61 bits per heavy atom. The summed E-state index contributed by atoms with van der Waals surface area (Å²) in [6.45, 7) is 0.517. The monoisotopic (exact) mass is 540 g/mol. The third-order valence-electron chi connectivity index (χ3n) is 5.86. The molecule has 2 aromatic rings. The first-order valence-corrected chi connectivity index (χ1v) is 13.7. The van der Waals surface area contributed by atoms with Crippen LogP contribution in [0, 0.1) is 0 Å². The molecule has 0 bridgehead atoms. The summed E-state index contributed by atoms with van der Waals surface area (Å²) in [5.74, 6) is 0. The molecule has 0 radical (unpaired) electrons. The molecule has 2 aromatic carbocycles. The predicted octanol–water partition coefficient (Wildman–Crippen LogP) is 6.72. The Hall–Kier alpha value is -0.930. The van der Waals surface area contributed by atoms with E-state index in [0.717, 1.165) is 36.8 Å². The van der Waals surface area contributed by atoms with E-state index in [9.17, 15) is 21.6 Å². The first kappa shape index (κ1) is 25.2. The molecule has 1 aliphatic heterocycles. The fourth-order valence-electron chi connectivity index (χ4n) is 4.31. The van der Waals surface area contributed by atoms with Crippen molar-refractivity contribution >= 4 is 41.8 Å². The van der Waals surface area contributed by atoms with Crippen LogP contribution < -0.4 is 0 Å². The molecule has 4 rings (SSSR count). The van der Waals surface area contributed by atoms with Crippen molar-refractivity contribution in [1.29, 1.82) is 0 Å². The Labute approximate surface area is 202 Å². The fourth-order valence-corrected chi connectivity index (χ4v) is 8.20. The number of nitrogens with zero attached hydrogens (tertiary/aromatic N) is 2. The van der Waals surface area contributed by atoms with Crippen molar-refractivity contribution in [3.63, 3.8) is 0 Å². The van der Waals surface area contributed by atoms with Gasteiger partial charge in [0.25, 0.3) is 0 Å². The van der Waals surface area contributed by atoms with Crippen molar-refractivity contribution < 1.29 is 25.6 Å². The highest BCUT2D eigenvalue weighted by atomic mass is 35.5. The highest BCUT2D eigenvalue weighted by molar-refractivity contribution is 7.91. The number of rotatable bonds is 6. The van der Waals surface area contributed by atoms with Crippen molar-refractivity contribution in [2.75, 3.05) is 0 Å². The number of benzene rings is 2. The molecule has 1 saturated heterocycles. The molecule has 33 heavy (non-hydrogen) atoms. The maximum absolute atomic E-state index is 13.3. The van der Waals surface area contributed by atoms with Gasteiger partial charge in [-0.3, -0.25) is 0 Å². The average Bonchev–Trinajstić information content (AvgIpc) is 3.03. The predicted molar refractivity (Wildman–Crippen MR) is 123 cm³/mol. The van der Waals surface area contributed by atoms with Gasteiger partial charge in [-0.05, 0) is 48.2 Å². The highest BCUT2D eigenvalue weighted by Gasteiger charge is 2.56. The van der Waals surface area contributed by atoms with Gasteiger partial charge in [-0.1, -0.05) is 60.3 Å². The minimum Gasteiger partial charge on any atom is -0.237 e. The van der Waals surface area contributed by atoms with Gasteiger partial charge in [0.05, 0.1) is 0 Å². The molecule has 5 nitrogen and oxygen atoms in total. The van der Waals surface area contributed by atoms with Gasteiger partial charge >= 0.3 is 15.6 Å². The molecular formula is C21H22Cl2F3N2O3PS. The molecule has 0 N–H and O–H groups in total. The van der Waals surface area contributed by atoms with E-state index in [4.69, 9.17) is 27.2 Å². The van der Waals surface area contributed by atoms with Crippen LogP contribution in [0.5, 0.6) is 0 Å². The lowest BCUT2D eigenvalue weighted by Gasteiger charge is -2.31. The average molecular weight is 541 g/mol. The molecule has 1 saturated carbocycles. The van der Waals surface area contributed by atoms with Gasteiger partial charge in [0.2, 0.25) is 8.45 Å². The minimum atomic E-state index is -5.78. The van der Waals surface area contributed by atoms with Crippen molar-refractivity contribution in [1.82, 2.24) is 9.34 Å². The van der Waals surface area contributed by atoms with Gasteiger partial charge in [-0.2, -0.15) is 21.6 Å². The van der Waals surface area contributed by atoms with E-state index in [1.165, 1.54) is 0 Å². The van der Waals surface area contributed by atoms with Crippen LogP contribution >= 0.6 is 31.7 Å². The molecule has 2 aliphatic rings. The molecule has 2 fully saturated rings. The number of hydrogen-bond acceptors (Lipinski definition) is 5. The topological polar surface area (TPSA) is 49.9 Å². The van der Waals surface area contributed by atoms with Crippen LogP contribution in [0.15, 0.2) is 48.5 Å². The number of fused-ring (bicyclic) bond motifs is 1. The molecule has 0 aromatic heterocycles. The zero-order valence-electron chi connectivity index (χ0n) is 17.4. The summed E-state index contributed by atoms with van der Waals surface area (Å²) < 4.78 is 72.6. The summed E-state index contributed by atoms with van der Waals surface area (Å²) >= 11 is 11.9. The van der Waals surface area contributed by atoms with Crippen molar-refractivity contribution in [3.05, 3.63) is 69.7 Å². The van der Waals surface area contributed by atoms with Gasteiger partial charge in [0.1, 0.15) is 0 Å². The van der Waals surface area contributed by atoms with Crippen LogP contribution in [0.3, 0.4) is 0 Å². The molecule has 180 valence electrons. The van der Waals surface area contributed by atoms with Crippen molar-refractivity contribution in [3.8, 4) is 0 Å². The zero-order valence-corrected chi connectivity index (χ0v) is 20.6. The smallest absolute Gasteiger partial charge is 0.237 e. The van der Waals surface area contributed by atoms with Crippen LogP contribution in [0.2, 0.25) is 10.0 Å². The van der Waals surface area contributed by atoms with E-state index >= 15 is 0 Å². The Bertz CT molecular complexity index is 1010. The number of hydrogen-bond donors (Lipinski definition) is 0. The molecule has 1 heterocycles. The van der Waals surface area contributed by atoms with Crippen LogP contribution in [0.4, 0.5) is 13.2 Å². The summed E-state index contributed by atoms with van der Waals surface area (Å²) in [7, 11) is -8.03. The first-order valence-electron chi connectivity index (χ1n) is 10.4. The van der Waals surface area contributed by atoms with Crippen LogP contribution in [0.1, 0.15) is 36.8 Å². The summed E-state index contributed by atoms with van der Waals surface area (Å²) in [6, 6.07) is 13.7. The van der Waals surface area contributed by atoms with E-state index in [2.05, 4.69) is 0 Å². The SMILES string of the molecule is O=S(=O)(OP1N(Cc2ccc(Cl)cc2)[C@@H]2CCCC[C@H]2N1Cc1ccc(Cl)cc1)C(F)(F)F. The van der Waals surface area contributed by atoms with E-state index in [0.29, 0.717) is 10.0 Å². The second-order valence-corrected chi connectivity index (χ2v) is 12.5. The fraction of sp³-hybridized carbons (Fsp3) is 0.429. The molecular weight excluding hydrogens is 519 g/mol. The Balaban J connectivity index is 1.71. The molecule has 0 spiro atoms. The normalized spacial score (nSPS) is 23.1. The Morgan fingerprint density at radius 1 is 0.848 bits per heavy atom. The van der Waals surface area contributed by atoms with Crippen LogP contribution in [-0.4, -0.2) is 35.4 Å². The largest absolute Gasteiger partial charge is 0.523 e. The zero-order chi connectivity index (χ0) is 23.8. The van der Waals surface area contributed by atoms with E-state index in [-0.39, 0.29) is 25.2 Å². The lowest BCUT2D eigenvalue weighted by atomic mass is 9.90. The highest BCUT2D eigenvalue weighted by Crippen LogP contribution is 2.61. The molecule has 12 heteroatoms. The van der Waals surface area contributed by atoms with E-state index in [1.807, 2.05) is 0 Å². The van der Waals surface area contributed by atoms with Gasteiger partial charge < -0.3 is 0 Å². The van der Waals surface area contributed by atoms with Crippen LogP contribution in [-0.2, 0) is 27.2 Å². The molecule has 0 amide bonds.